The van der Waals surface area contributed by atoms with Crippen LogP contribution in [0.15, 0.2) is 53.7 Å². The molecule has 3 rings (SSSR count). The largest absolute Gasteiger partial charge is 0.497 e. The van der Waals surface area contributed by atoms with Gasteiger partial charge in [-0.25, -0.2) is 4.98 Å². The minimum atomic E-state index is 0. The second kappa shape index (κ2) is 14.6. The molecule has 0 saturated carbocycles. The van der Waals surface area contributed by atoms with Gasteiger partial charge < -0.3 is 25.2 Å². The molecule has 0 atom stereocenters. The quantitative estimate of drug-likeness (QED) is 0.276. The number of carbonyl (C=O) groups excluding carboxylic acids is 1. The zero-order valence-corrected chi connectivity index (χ0v) is 21.8. The molecule has 0 bridgehead atoms. The van der Waals surface area contributed by atoms with E-state index < -0.39 is 0 Å². The first-order valence-electron chi connectivity index (χ1n) is 11.3. The highest BCUT2D eigenvalue weighted by Gasteiger charge is 2.21. The molecule has 2 heterocycles. The van der Waals surface area contributed by atoms with Crippen LogP contribution in [0.1, 0.15) is 18.9 Å². The lowest BCUT2D eigenvalue weighted by molar-refractivity contribution is -0.131. The van der Waals surface area contributed by atoms with Crippen LogP contribution >= 0.6 is 24.0 Å². The third kappa shape index (κ3) is 8.71. The minimum absolute atomic E-state index is 0. The third-order valence-corrected chi connectivity index (χ3v) is 5.41. The van der Waals surface area contributed by atoms with Crippen LogP contribution in [0.2, 0.25) is 0 Å². The van der Waals surface area contributed by atoms with Crippen LogP contribution in [0.4, 0.5) is 5.82 Å². The molecule has 2 aromatic rings. The summed E-state index contributed by atoms with van der Waals surface area (Å²) >= 11 is 0. The fraction of sp³-hybridized carbons (Fsp3) is 0.458. The zero-order valence-electron chi connectivity index (χ0n) is 19.5. The molecule has 0 unspecified atom stereocenters. The molecular formula is C24H35IN6O2. The van der Waals surface area contributed by atoms with E-state index >= 15 is 0 Å². The Morgan fingerprint density at radius 3 is 2.48 bits per heavy atom. The molecule has 180 valence electrons. The first-order valence-corrected chi connectivity index (χ1v) is 11.3. The molecule has 1 aliphatic rings. The number of halogens is 1. The van der Waals surface area contributed by atoms with Crippen LogP contribution in [-0.4, -0.2) is 74.7 Å². The summed E-state index contributed by atoms with van der Waals surface area (Å²) < 4.78 is 5.20. The molecule has 8 nitrogen and oxygen atoms in total. The van der Waals surface area contributed by atoms with E-state index in [4.69, 9.17) is 4.74 Å². The smallest absolute Gasteiger partial charge is 0.224 e. The van der Waals surface area contributed by atoms with Crippen LogP contribution in [0.25, 0.3) is 0 Å². The van der Waals surface area contributed by atoms with E-state index in [-0.39, 0.29) is 29.9 Å². The van der Waals surface area contributed by atoms with E-state index in [2.05, 4.69) is 37.6 Å². The number of rotatable bonds is 9. The number of aromatic nitrogens is 1. The maximum absolute atomic E-state index is 12.6. The maximum atomic E-state index is 12.6. The van der Waals surface area contributed by atoms with Gasteiger partial charge in [-0.05, 0) is 43.2 Å². The van der Waals surface area contributed by atoms with Crippen molar-refractivity contribution in [2.75, 3.05) is 57.8 Å². The molecule has 0 spiro atoms. The number of piperazine rings is 1. The van der Waals surface area contributed by atoms with Gasteiger partial charge in [0.25, 0.3) is 0 Å². The lowest BCUT2D eigenvalue weighted by atomic mass is 10.1. The van der Waals surface area contributed by atoms with Crippen molar-refractivity contribution in [1.82, 2.24) is 20.5 Å². The number of hydrogen-bond acceptors (Lipinski definition) is 5. The summed E-state index contributed by atoms with van der Waals surface area (Å²) in [6, 6.07) is 14.0. The van der Waals surface area contributed by atoms with Crippen LogP contribution in [0.3, 0.4) is 0 Å². The summed E-state index contributed by atoms with van der Waals surface area (Å²) in [6.07, 6.45) is 3.10. The van der Waals surface area contributed by atoms with Crippen molar-refractivity contribution in [3.8, 4) is 5.75 Å². The number of anilines is 1. The summed E-state index contributed by atoms with van der Waals surface area (Å²) in [5.74, 6) is 2.73. The maximum Gasteiger partial charge on any atom is 0.224 e. The van der Waals surface area contributed by atoms with Gasteiger partial charge in [-0.3, -0.25) is 9.79 Å². The number of guanidine groups is 1. The molecule has 33 heavy (non-hydrogen) atoms. The van der Waals surface area contributed by atoms with Crippen molar-refractivity contribution in [1.29, 1.82) is 0 Å². The Balaban J connectivity index is 0.00000385. The molecular weight excluding hydrogens is 531 g/mol. The Hall–Kier alpha value is -2.56. The third-order valence-electron chi connectivity index (χ3n) is 5.41. The predicted molar refractivity (Wildman–Crippen MR) is 144 cm³/mol. The molecule has 0 radical (unpaired) electrons. The van der Waals surface area contributed by atoms with E-state index in [1.165, 1.54) is 5.56 Å². The first-order chi connectivity index (χ1) is 15.7. The Bertz CT molecular complexity index is 855. The average Bonchev–Trinajstić information content (AvgIpc) is 2.85. The van der Waals surface area contributed by atoms with Crippen LogP contribution in [-0.2, 0) is 11.2 Å². The van der Waals surface area contributed by atoms with Crippen molar-refractivity contribution >= 4 is 41.7 Å². The highest BCUT2D eigenvalue weighted by molar-refractivity contribution is 14.0. The van der Waals surface area contributed by atoms with Crippen molar-refractivity contribution in [3.05, 3.63) is 54.2 Å². The second-order valence-electron chi connectivity index (χ2n) is 7.59. The summed E-state index contributed by atoms with van der Waals surface area (Å²) in [4.78, 5) is 25.7. The Labute approximate surface area is 213 Å². The molecule has 9 heteroatoms. The van der Waals surface area contributed by atoms with E-state index in [0.29, 0.717) is 13.0 Å². The van der Waals surface area contributed by atoms with Crippen LogP contribution < -0.4 is 20.3 Å². The number of ether oxygens (including phenoxy) is 1. The van der Waals surface area contributed by atoms with Gasteiger partial charge in [0.1, 0.15) is 11.6 Å². The molecule has 0 aliphatic carbocycles. The van der Waals surface area contributed by atoms with Gasteiger partial charge in [0.05, 0.1) is 13.7 Å². The van der Waals surface area contributed by atoms with Crippen molar-refractivity contribution in [2.45, 2.75) is 19.8 Å². The van der Waals surface area contributed by atoms with Crippen molar-refractivity contribution < 1.29 is 9.53 Å². The molecule has 1 aromatic carbocycles. The summed E-state index contributed by atoms with van der Waals surface area (Å²) in [5.41, 5.74) is 1.23. The van der Waals surface area contributed by atoms with E-state index in [0.717, 1.165) is 63.2 Å². The van der Waals surface area contributed by atoms with Crippen LogP contribution in [0, 0.1) is 0 Å². The van der Waals surface area contributed by atoms with Gasteiger partial charge in [-0.1, -0.05) is 18.2 Å². The van der Waals surface area contributed by atoms with E-state index in [9.17, 15) is 4.79 Å². The number of hydrogen-bond donors (Lipinski definition) is 2. The SMILES string of the molecule is CCNC(=NCCC(=O)N1CCN(c2ccccn2)CC1)NCCc1ccc(OC)cc1.I. The number of methoxy groups -OCH3 is 1. The average molecular weight is 566 g/mol. The highest BCUT2D eigenvalue weighted by atomic mass is 127. The Kier molecular flexibility index (Phi) is 11.8. The monoisotopic (exact) mass is 566 g/mol. The Morgan fingerprint density at radius 1 is 1.09 bits per heavy atom. The van der Waals surface area contributed by atoms with Gasteiger partial charge in [-0.2, -0.15) is 0 Å². The van der Waals surface area contributed by atoms with E-state index in [1.54, 1.807) is 13.3 Å². The summed E-state index contributed by atoms with van der Waals surface area (Å²) in [5, 5.41) is 6.59. The first kappa shape index (κ1) is 26.7. The summed E-state index contributed by atoms with van der Waals surface area (Å²) in [6.45, 7) is 7.10. The number of aliphatic imine (C=N–C) groups is 1. The van der Waals surface area contributed by atoms with Gasteiger partial charge in [-0.15, -0.1) is 24.0 Å². The second-order valence-corrected chi connectivity index (χ2v) is 7.59. The van der Waals surface area contributed by atoms with Gasteiger partial charge >= 0.3 is 0 Å². The fourth-order valence-corrected chi connectivity index (χ4v) is 3.61. The lowest BCUT2D eigenvalue weighted by Gasteiger charge is -2.35. The molecule has 1 aliphatic heterocycles. The minimum Gasteiger partial charge on any atom is -0.497 e. The molecule has 1 fully saturated rings. The molecule has 1 saturated heterocycles. The molecule has 1 aromatic heterocycles. The Morgan fingerprint density at radius 2 is 1.85 bits per heavy atom. The predicted octanol–water partition coefficient (Wildman–Crippen LogP) is 2.54. The molecule has 2 N–H and O–H groups in total. The number of carbonyl (C=O) groups is 1. The van der Waals surface area contributed by atoms with Crippen LogP contribution in [0.5, 0.6) is 5.75 Å². The number of nitrogens with one attached hydrogen (secondary N) is 2. The normalized spacial score (nSPS) is 13.8. The fourth-order valence-electron chi connectivity index (χ4n) is 3.61. The summed E-state index contributed by atoms with van der Waals surface area (Å²) in [7, 11) is 1.67. The standard InChI is InChI=1S/C24H34N6O2.HI/c1-3-25-24(27-14-11-20-7-9-21(32-2)10-8-20)28-15-12-23(31)30-18-16-29(17-19-30)22-6-4-5-13-26-22;/h4-10,13H,3,11-12,14-19H2,1-2H3,(H2,25,27,28);1H. The molecule has 1 amide bonds. The highest BCUT2D eigenvalue weighted by Crippen LogP contribution is 2.13. The topological polar surface area (TPSA) is 82.1 Å². The van der Waals surface area contributed by atoms with Gasteiger partial charge in [0.2, 0.25) is 5.91 Å². The van der Waals surface area contributed by atoms with Gasteiger partial charge in [0, 0.05) is 51.9 Å². The lowest BCUT2D eigenvalue weighted by Crippen LogP contribution is -2.49. The van der Waals surface area contributed by atoms with Crippen molar-refractivity contribution in [2.24, 2.45) is 4.99 Å². The van der Waals surface area contributed by atoms with Gasteiger partial charge in [0.15, 0.2) is 5.96 Å². The van der Waals surface area contributed by atoms with E-state index in [1.807, 2.05) is 42.2 Å². The number of benzene rings is 1. The number of nitrogens with zero attached hydrogens (tertiary/aromatic N) is 4. The van der Waals surface area contributed by atoms with Crippen molar-refractivity contribution in [3.63, 3.8) is 0 Å². The number of pyridine rings is 1. The number of amides is 1. The zero-order chi connectivity index (χ0) is 22.6.